The first-order valence-electron chi connectivity index (χ1n) is 11.0. The Labute approximate surface area is 192 Å². The van der Waals surface area contributed by atoms with Crippen molar-refractivity contribution in [2.75, 3.05) is 6.61 Å². The lowest BCUT2D eigenvalue weighted by Crippen LogP contribution is -2.31. The van der Waals surface area contributed by atoms with Crippen LogP contribution in [-0.2, 0) is 11.2 Å². The number of pyridine rings is 1. The van der Waals surface area contributed by atoms with Crippen molar-refractivity contribution in [3.63, 3.8) is 0 Å². The first-order valence-corrected chi connectivity index (χ1v) is 11.0. The van der Waals surface area contributed by atoms with E-state index in [1.165, 1.54) is 13.0 Å². The molecule has 1 aromatic rings. The average molecular weight is 479 g/mol. The van der Waals surface area contributed by atoms with Crippen molar-refractivity contribution in [1.29, 1.82) is 0 Å². The summed E-state index contributed by atoms with van der Waals surface area (Å²) in [6.07, 6.45) is -0.374. The summed E-state index contributed by atoms with van der Waals surface area (Å²) in [5.41, 5.74) is -0.874. The molecule has 0 radical (unpaired) electrons. The number of ether oxygens (including phenoxy) is 1. The van der Waals surface area contributed by atoms with E-state index in [4.69, 9.17) is 4.74 Å². The van der Waals surface area contributed by atoms with Gasteiger partial charge in [-0.2, -0.15) is 13.2 Å². The van der Waals surface area contributed by atoms with Crippen LogP contribution in [0.15, 0.2) is 59.1 Å². The number of aromatic nitrogens is 1. The molecule has 1 fully saturated rings. The van der Waals surface area contributed by atoms with Gasteiger partial charge in [-0.1, -0.05) is 18.2 Å². The number of carboxylic acids is 1. The number of fused-ring (bicyclic) bond motifs is 3. The smallest absolute Gasteiger partial charge is 0.416 e. The van der Waals surface area contributed by atoms with Crippen molar-refractivity contribution in [1.82, 2.24) is 4.98 Å². The van der Waals surface area contributed by atoms with Crippen LogP contribution in [0.5, 0.6) is 5.88 Å². The number of allylic oxidation sites excluding steroid dienone is 7. The summed E-state index contributed by atoms with van der Waals surface area (Å²) in [4.78, 5) is 15.5. The lowest BCUT2D eigenvalue weighted by atomic mass is 9.75. The molecule has 4 nitrogen and oxygen atoms in total. The van der Waals surface area contributed by atoms with Gasteiger partial charge >= 0.3 is 12.1 Å². The van der Waals surface area contributed by atoms with Gasteiger partial charge in [0.05, 0.1) is 16.9 Å². The largest absolute Gasteiger partial charge is 0.481 e. The highest BCUT2D eigenvalue weighted by Gasteiger charge is 2.60. The highest BCUT2D eigenvalue weighted by atomic mass is 19.4. The summed E-state index contributed by atoms with van der Waals surface area (Å²) in [5, 5.41) is 9.23. The molecule has 34 heavy (non-hydrogen) atoms. The normalized spacial score (nSPS) is 32.1. The van der Waals surface area contributed by atoms with Crippen LogP contribution in [0.3, 0.4) is 0 Å². The Morgan fingerprint density at radius 2 is 2.09 bits per heavy atom. The molecule has 4 aliphatic carbocycles. The van der Waals surface area contributed by atoms with Gasteiger partial charge in [-0.3, -0.25) is 4.79 Å². The molecular formula is C25H22F5NO3. The third kappa shape index (κ3) is 3.75. The maximum absolute atomic E-state index is 14.8. The Bertz CT molecular complexity index is 1180. The molecule has 1 aromatic heterocycles. The van der Waals surface area contributed by atoms with Crippen LogP contribution in [-0.4, -0.2) is 35.0 Å². The molecular weight excluding hydrogens is 457 g/mol. The molecule has 9 heteroatoms. The van der Waals surface area contributed by atoms with Crippen molar-refractivity contribution in [3.8, 4) is 5.88 Å². The Balaban J connectivity index is 1.33. The Morgan fingerprint density at radius 3 is 2.79 bits per heavy atom. The second kappa shape index (κ2) is 7.78. The number of carboxylic acid groups (broad SMARTS) is 1. The monoisotopic (exact) mass is 479 g/mol. The predicted molar refractivity (Wildman–Crippen MR) is 113 cm³/mol. The molecule has 0 aromatic carbocycles. The Hall–Kier alpha value is -2.97. The molecule has 0 aliphatic heterocycles. The van der Waals surface area contributed by atoms with E-state index in [1.807, 2.05) is 0 Å². The van der Waals surface area contributed by atoms with E-state index in [-0.39, 0.29) is 48.7 Å². The van der Waals surface area contributed by atoms with Gasteiger partial charge < -0.3 is 9.84 Å². The fraction of sp³-hybridized carbons (Fsp3) is 0.440. The minimum Gasteiger partial charge on any atom is -0.481 e. The highest BCUT2D eigenvalue weighted by molar-refractivity contribution is 5.77. The molecule has 1 saturated carbocycles. The standard InChI is InChI=1S/C25H22F5NO3/c1-24(11-34-19-8-13-7-14-21(15(13)10-31-19)22(14)23(32)33)9-12(5-6-18(24)27)20-16(25(28,29)30)3-2-4-17(20)26/h2-3,5-6,8,10,14,17,21-22H,4,7,9,11H2,1H3,(H,32,33). The molecule has 180 valence electrons. The second-order valence-corrected chi connectivity index (χ2v) is 9.64. The first-order chi connectivity index (χ1) is 16.0. The maximum Gasteiger partial charge on any atom is 0.416 e. The van der Waals surface area contributed by atoms with Gasteiger partial charge in [0.1, 0.15) is 18.6 Å². The minimum atomic E-state index is -4.72. The van der Waals surface area contributed by atoms with Crippen LogP contribution in [0.2, 0.25) is 0 Å². The van der Waals surface area contributed by atoms with Crippen LogP contribution in [0.1, 0.15) is 36.8 Å². The van der Waals surface area contributed by atoms with Crippen molar-refractivity contribution < 1.29 is 36.6 Å². The summed E-state index contributed by atoms with van der Waals surface area (Å²) >= 11 is 0. The zero-order valence-electron chi connectivity index (χ0n) is 18.2. The van der Waals surface area contributed by atoms with Gasteiger partial charge in [0, 0.05) is 30.2 Å². The summed E-state index contributed by atoms with van der Waals surface area (Å²) in [6, 6.07) is 1.71. The van der Waals surface area contributed by atoms with Gasteiger partial charge in [0.15, 0.2) is 0 Å². The third-order valence-electron chi connectivity index (χ3n) is 7.28. The van der Waals surface area contributed by atoms with Crippen LogP contribution in [0, 0.1) is 17.3 Å². The predicted octanol–water partition coefficient (Wildman–Crippen LogP) is 5.78. The summed E-state index contributed by atoms with van der Waals surface area (Å²) in [7, 11) is 0. The summed E-state index contributed by atoms with van der Waals surface area (Å²) in [5.74, 6) is -1.51. The van der Waals surface area contributed by atoms with Crippen LogP contribution in [0.25, 0.3) is 0 Å². The summed E-state index contributed by atoms with van der Waals surface area (Å²) in [6.45, 7) is 1.32. The van der Waals surface area contributed by atoms with E-state index in [0.717, 1.165) is 29.4 Å². The number of aliphatic carboxylic acids is 1. The number of hydrogen-bond acceptors (Lipinski definition) is 3. The van der Waals surface area contributed by atoms with E-state index in [9.17, 15) is 31.9 Å². The van der Waals surface area contributed by atoms with Crippen molar-refractivity contribution in [2.24, 2.45) is 17.3 Å². The highest BCUT2D eigenvalue weighted by Crippen LogP contribution is 2.61. The SMILES string of the molecule is CC1(COc2cc3c(cn2)C2C(C3)C2C(=O)O)CC(C2=C(C(F)(F)F)C=CCC2F)=CC=C1F. The topological polar surface area (TPSA) is 59.4 Å². The molecule has 0 saturated heterocycles. The Kier molecular flexibility index (Phi) is 5.22. The quantitative estimate of drug-likeness (QED) is 0.544. The molecule has 1 N–H and O–H groups in total. The van der Waals surface area contributed by atoms with Gasteiger partial charge in [0.2, 0.25) is 5.88 Å². The molecule has 0 bridgehead atoms. The van der Waals surface area contributed by atoms with Crippen LogP contribution >= 0.6 is 0 Å². The fourth-order valence-electron chi connectivity index (χ4n) is 5.46. The number of hydrogen-bond donors (Lipinski definition) is 1. The van der Waals surface area contributed by atoms with Crippen molar-refractivity contribution in [3.05, 3.63) is 70.2 Å². The zero-order chi connectivity index (χ0) is 24.4. The average Bonchev–Trinajstić information content (AvgIpc) is 3.36. The van der Waals surface area contributed by atoms with Gasteiger partial charge in [-0.05, 0) is 48.5 Å². The molecule has 0 amide bonds. The van der Waals surface area contributed by atoms with Gasteiger partial charge in [-0.25, -0.2) is 13.8 Å². The minimum absolute atomic E-state index is 0.0349. The van der Waals surface area contributed by atoms with Gasteiger partial charge in [-0.15, -0.1) is 0 Å². The van der Waals surface area contributed by atoms with Crippen LogP contribution < -0.4 is 4.74 Å². The molecule has 1 heterocycles. The van der Waals surface area contributed by atoms with Crippen LogP contribution in [0.4, 0.5) is 22.0 Å². The van der Waals surface area contributed by atoms with E-state index < -0.39 is 40.7 Å². The summed E-state index contributed by atoms with van der Waals surface area (Å²) < 4.78 is 75.7. The molecule has 0 spiro atoms. The lowest BCUT2D eigenvalue weighted by molar-refractivity contribution is -0.139. The van der Waals surface area contributed by atoms with E-state index in [2.05, 4.69) is 4.98 Å². The molecule has 5 rings (SSSR count). The maximum atomic E-state index is 14.8. The van der Waals surface area contributed by atoms with Gasteiger partial charge in [0.25, 0.3) is 0 Å². The first kappa shape index (κ1) is 22.8. The number of alkyl halides is 4. The lowest BCUT2D eigenvalue weighted by Gasteiger charge is -2.34. The second-order valence-electron chi connectivity index (χ2n) is 9.64. The van der Waals surface area contributed by atoms with E-state index in [1.54, 1.807) is 12.3 Å². The number of carbonyl (C=O) groups is 1. The molecule has 5 unspecified atom stereocenters. The third-order valence-corrected chi connectivity index (χ3v) is 7.28. The van der Waals surface area contributed by atoms with Crippen molar-refractivity contribution in [2.45, 2.75) is 44.5 Å². The molecule has 5 atom stereocenters. The zero-order valence-corrected chi connectivity index (χ0v) is 18.2. The molecule has 4 aliphatic rings. The number of rotatable bonds is 5. The fourth-order valence-corrected chi connectivity index (χ4v) is 5.46. The van der Waals surface area contributed by atoms with Crippen molar-refractivity contribution >= 4 is 5.97 Å². The van der Waals surface area contributed by atoms with E-state index >= 15 is 0 Å². The number of halogens is 5. The van der Waals surface area contributed by atoms with E-state index in [0.29, 0.717) is 6.42 Å². The number of nitrogens with zero attached hydrogens (tertiary/aromatic N) is 1. The Morgan fingerprint density at radius 1 is 1.32 bits per heavy atom.